The van der Waals surface area contributed by atoms with Crippen molar-refractivity contribution in [3.05, 3.63) is 199 Å². The molecule has 0 radical (unpaired) electrons. The quantitative estimate of drug-likeness (QED) is 0.158. The van der Waals surface area contributed by atoms with Crippen LogP contribution in [0.5, 0.6) is 0 Å². The Morgan fingerprint density at radius 1 is 0.453 bits per heavy atom. The molecule has 0 aliphatic carbocycles. The zero-order chi connectivity index (χ0) is 35.3. The highest BCUT2D eigenvalue weighted by Crippen LogP contribution is 2.45. The predicted octanol–water partition coefficient (Wildman–Crippen LogP) is 14.5. The number of nitrogens with zero attached hydrogens (tertiary/aromatic N) is 3. The molecule has 0 aliphatic heterocycles. The molecule has 53 heavy (non-hydrogen) atoms. The number of hydrogen-bond donors (Lipinski definition) is 0. The van der Waals surface area contributed by atoms with E-state index >= 15 is 0 Å². The van der Waals surface area contributed by atoms with Crippen molar-refractivity contribution in [3.63, 3.8) is 0 Å². The van der Waals surface area contributed by atoms with E-state index in [4.69, 9.17) is 6.57 Å². The zero-order valence-electron chi connectivity index (χ0n) is 28.6. The van der Waals surface area contributed by atoms with Crippen LogP contribution in [0, 0.1) is 6.57 Å². The van der Waals surface area contributed by atoms with Crippen molar-refractivity contribution < 1.29 is 0 Å². The summed E-state index contributed by atoms with van der Waals surface area (Å²) in [7, 11) is 0. The van der Waals surface area contributed by atoms with Crippen LogP contribution in [0.15, 0.2) is 188 Å². The van der Waals surface area contributed by atoms with E-state index in [0.29, 0.717) is 5.69 Å². The van der Waals surface area contributed by atoms with E-state index < -0.39 is 0 Å². The highest BCUT2D eigenvalue weighted by Gasteiger charge is 2.19. The summed E-state index contributed by atoms with van der Waals surface area (Å²) in [5.41, 5.74) is 12.1. The molecule has 0 spiro atoms. The third kappa shape index (κ3) is 5.26. The highest BCUT2D eigenvalue weighted by molar-refractivity contribution is 7.26. The molecule has 10 rings (SSSR count). The van der Waals surface area contributed by atoms with E-state index in [-0.39, 0.29) is 0 Å². The Labute approximate surface area is 311 Å². The average molecular weight is 694 g/mol. The van der Waals surface area contributed by atoms with Crippen molar-refractivity contribution in [2.45, 2.75) is 0 Å². The lowest BCUT2D eigenvalue weighted by atomic mass is 10.0. The highest BCUT2D eigenvalue weighted by atomic mass is 32.1. The Balaban J connectivity index is 1.08. The molecule has 0 atom stereocenters. The van der Waals surface area contributed by atoms with Gasteiger partial charge in [0.05, 0.1) is 28.0 Å². The normalized spacial score (nSPS) is 11.4. The number of fused-ring (bicyclic) bond motifs is 6. The minimum atomic E-state index is 0.642. The molecule has 0 bridgehead atoms. The van der Waals surface area contributed by atoms with E-state index in [0.717, 1.165) is 33.7 Å². The summed E-state index contributed by atoms with van der Waals surface area (Å²) in [5.74, 6) is 0. The van der Waals surface area contributed by atoms with Gasteiger partial charge >= 0.3 is 0 Å². The summed E-state index contributed by atoms with van der Waals surface area (Å²) >= 11 is 1.85. The summed E-state index contributed by atoms with van der Waals surface area (Å²) in [6.45, 7) is 7.39. The molecule has 0 N–H and O–H groups in total. The first-order chi connectivity index (χ1) is 26.2. The largest absolute Gasteiger partial charge is 0.309 e. The maximum absolute atomic E-state index is 7.39. The number of hydrogen-bond acceptors (Lipinski definition) is 2. The van der Waals surface area contributed by atoms with Gasteiger partial charge in [0, 0.05) is 43.3 Å². The Hall–Kier alpha value is -6.93. The number of anilines is 3. The second-order valence-electron chi connectivity index (χ2n) is 13.3. The average Bonchev–Trinajstić information content (AvgIpc) is 3.78. The monoisotopic (exact) mass is 693 g/mol. The third-order valence-corrected chi connectivity index (χ3v) is 11.4. The van der Waals surface area contributed by atoms with Crippen LogP contribution in [0.3, 0.4) is 0 Å². The molecular formula is C49H31N3S. The molecule has 0 saturated carbocycles. The predicted molar refractivity (Wildman–Crippen MR) is 225 cm³/mol. The summed E-state index contributed by atoms with van der Waals surface area (Å²) in [6, 6.07) is 67.0. The first-order valence-electron chi connectivity index (χ1n) is 17.7. The van der Waals surface area contributed by atoms with Gasteiger partial charge in [-0.1, -0.05) is 121 Å². The van der Waals surface area contributed by atoms with Crippen LogP contribution in [0.4, 0.5) is 22.7 Å². The van der Waals surface area contributed by atoms with Crippen LogP contribution in [0.25, 0.3) is 74.8 Å². The fourth-order valence-electron chi connectivity index (χ4n) is 7.68. The second-order valence-corrected chi connectivity index (χ2v) is 14.3. The van der Waals surface area contributed by atoms with Gasteiger partial charge in [-0.15, -0.1) is 11.3 Å². The molecule has 2 aromatic heterocycles. The van der Waals surface area contributed by atoms with Gasteiger partial charge in [-0.3, -0.25) is 0 Å². The summed E-state index contributed by atoms with van der Waals surface area (Å²) in [6.07, 6.45) is 0. The molecule has 2 heterocycles. The number of benzene rings is 8. The van der Waals surface area contributed by atoms with Crippen LogP contribution in [0.2, 0.25) is 0 Å². The Bertz CT molecular complexity index is 2980. The molecule has 0 aliphatic rings. The standard InChI is InChI=1S/C49H31N3S/c1-50-37-23-29-40(30-24-37)52-45-15-7-5-12-41(45)44-32-36(22-31-46(44)52)35-20-27-39(28-21-35)51(38-25-18-34(19-26-38)33-10-3-2-4-11-33)47-16-9-14-43-42-13-6-8-17-48(42)53-49(43)47/h2-32H. The summed E-state index contributed by atoms with van der Waals surface area (Å²) < 4.78 is 4.86. The minimum Gasteiger partial charge on any atom is -0.309 e. The molecule has 0 saturated heterocycles. The van der Waals surface area contributed by atoms with Crippen molar-refractivity contribution in [1.29, 1.82) is 0 Å². The van der Waals surface area contributed by atoms with E-state index in [9.17, 15) is 0 Å². The molecule has 0 fully saturated rings. The van der Waals surface area contributed by atoms with Crippen molar-refractivity contribution in [2.24, 2.45) is 0 Å². The molecule has 0 amide bonds. The SMILES string of the molecule is [C-]#[N+]c1ccc(-n2c3ccccc3c3cc(-c4ccc(N(c5ccc(-c6ccccc6)cc5)c5cccc6c5sc5ccccc56)cc4)ccc32)cc1. The smallest absolute Gasteiger partial charge is 0.187 e. The van der Waals surface area contributed by atoms with Crippen LogP contribution in [-0.2, 0) is 0 Å². The number of rotatable bonds is 6. The maximum atomic E-state index is 7.39. The zero-order valence-corrected chi connectivity index (χ0v) is 29.5. The van der Waals surface area contributed by atoms with Gasteiger partial charge in [0.15, 0.2) is 5.69 Å². The van der Waals surface area contributed by atoms with Gasteiger partial charge in [-0.2, -0.15) is 0 Å². The van der Waals surface area contributed by atoms with Crippen LogP contribution < -0.4 is 4.90 Å². The fourth-order valence-corrected chi connectivity index (χ4v) is 8.89. The second kappa shape index (κ2) is 12.7. The Kier molecular flexibility index (Phi) is 7.39. The molecule has 10 aromatic rings. The first kappa shape index (κ1) is 30.9. The molecular weight excluding hydrogens is 663 g/mol. The van der Waals surface area contributed by atoms with Gasteiger partial charge in [0.2, 0.25) is 0 Å². The lowest BCUT2D eigenvalue weighted by molar-refractivity contribution is 1.18. The Morgan fingerprint density at radius 2 is 1.04 bits per heavy atom. The molecule has 248 valence electrons. The number of para-hydroxylation sites is 1. The maximum Gasteiger partial charge on any atom is 0.187 e. The van der Waals surface area contributed by atoms with E-state index in [1.807, 2.05) is 35.6 Å². The minimum absolute atomic E-state index is 0.642. The van der Waals surface area contributed by atoms with Crippen LogP contribution in [-0.4, -0.2) is 4.57 Å². The summed E-state index contributed by atoms with van der Waals surface area (Å²) in [5, 5.41) is 4.98. The van der Waals surface area contributed by atoms with Gasteiger partial charge in [-0.25, -0.2) is 4.85 Å². The third-order valence-electron chi connectivity index (χ3n) is 10.2. The van der Waals surface area contributed by atoms with Gasteiger partial charge in [-0.05, 0) is 89.0 Å². The lowest BCUT2D eigenvalue weighted by Crippen LogP contribution is -2.10. The van der Waals surface area contributed by atoms with E-state index in [2.05, 4.69) is 178 Å². The van der Waals surface area contributed by atoms with E-state index in [1.165, 1.54) is 53.3 Å². The number of aromatic nitrogens is 1. The van der Waals surface area contributed by atoms with Crippen LogP contribution in [0.1, 0.15) is 0 Å². The topological polar surface area (TPSA) is 12.5 Å². The molecule has 4 heteroatoms. The van der Waals surface area contributed by atoms with Crippen molar-refractivity contribution in [3.8, 4) is 27.9 Å². The van der Waals surface area contributed by atoms with Gasteiger partial charge in [0.1, 0.15) is 0 Å². The first-order valence-corrected chi connectivity index (χ1v) is 18.5. The number of thiophene rings is 1. The van der Waals surface area contributed by atoms with Crippen molar-refractivity contribution in [2.75, 3.05) is 4.90 Å². The molecule has 8 aromatic carbocycles. The van der Waals surface area contributed by atoms with E-state index in [1.54, 1.807) is 0 Å². The van der Waals surface area contributed by atoms with Crippen LogP contribution >= 0.6 is 11.3 Å². The van der Waals surface area contributed by atoms with Crippen molar-refractivity contribution >= 4 is 76.1 Å². The fraction of sp³-hybridized carbons (Fsp3) is 0. The summed E-state index contributed by atoms with van der Waals surface area (Å²) in [4.78, 5) is 5.98. The van der Waals surface area contributed by atoms with Gasteiger partial charge < -0.3 is 9.47 Å². The molecule has 0 unspecified atom stereocenters. The molecule has 3 nitrogen and oxygen atoms in total. The van der Waals surface area contributed by atoms with Gasteiger partial charge in [0.25, 0.3) is 0 Å². The Morgan fingerprint density at radius 3 is 1.77 bits per heavy atom. The van der Waals surface area contributed by atoms with Crippen molar-refractivity contribution in [1.82, 2.24) is 4.57 Å². The lowest BCUT2D eigenvalue weighted by Gasteiger charge is -2.26.